The Morgan fingerprint density at radius 3 is 2.83 bits per heavy atom. The molecule has 98 valence electrons. The predicted octanol–water partition coefficient (Wildman–Crippen LogP) is 3.13. The molecule has 1 aromatic rings. The van der Waals surface area contributed by atoms with Crippen LogP contribution in [0, 0.1) is 17.7 Å². The van der Waals surface area contributed by atoms with E-state index in [0.29, 0.717) is 17.7 Å². The van der Waals surface area contributed by atoms with Gasteiger partial charge in [-0.25, -0.2) is 4.39 Å². The summed E-state index contributed by atoms with van der Waals surface area (Å²) in [6.07, 6.45) is 2.42. The van der Waals surface area contributed by atoms with Crippen molar-refractivity contribution < 1.29 is 14.2 Å². The molecule has 0 saturated carbocycles. The van der Waals surface area contributed by atoms with Gasteiger partial charge in [-0.2, -0.15) is 0 Å². The van der Waals surface area contributed by atoms with Crippen molar-refractivity contribution in [2.75, 3.05) is 6.61 Å². The molecule has 0 saturated heterocycles. The van der Waals surface area contributed by atoms with E-state index in [0.717, 1.165) is 12.8 Å². The number of ether oxygens (including phenoxy) is 1. The molecule has 3 heteroatoms. The first-order valence-corrected chi connectivity index (χ1v) is 6.23. The molecule has 0 aliphatic carbocycles. The number of rotatable bonds is 5. The third-order valence-electron chi connectivity index (χ3n) is 2.43. The van der Waals surface area contributed by atoms with Crippen LogP contribution in [0.25, 0.3) is 0 Å². The van der Waals surface area contributed by atoms with Crippen molar-refractivity contribution in [1.82, 2.24) is 0 Å². The smallest absolute Gasteiger partial charge is 0.142 e. The zero-order chi connectivity index (χ0) is 13.4. The summed E-state index contributed by atoms with van der Waals surface area (Å²) in [5.41, 5.74) is 0.332. The van der Waals surface area contributed by atoms with Crippen molar-refractivity contribution in [3.8, 4) is 17.6 Å². The highest BCUT2D eigenvalue weighted by Gasteiger charge is 2.06. The topological polar surface area (TPSA) is 29.5 Å². The number of aliphatic hydroxyl groups is 1. The minimum absolute atomic E-state index is 0.00958. The number of hydrogen-bond donors (Lipinski definition) is 1. The SMILES string of the molecule is CCCC(C)Oc1ccc(C#CCCO)c(F)c1. The average Bonchev–Trinajstić information content (AvgIpc) is 2.32. The van der Waals surface area contributed by atoms with E-state index in [2.05, 4.69) is 18.8 Å². The number of hydrogen-bond acceptors (Lipinski definition) is 2. The second-order valence-corrected chi connectivity index (χ2v) is 4.13. The molecule has 0 spiro atoms. The standard InChI is InChI=1S/C15H19FO2/c1-3-6-12(2)18-14-9-8-13(15(16)11-14)7-4-5-10-17/h8-9,11-12,17H,3,5-6,10H2,1-2H3. The second kappa shape index (κ2) is 7.73. The number of aliphatic hydroxyl groups excluding tert-OH is 1. The fourth-order valence-corrected chi connectivity index (χ4v) is 1.58. The first-order chi connectivity index (χ1) is 8.67. The molecule has 1 N–H and O–H groups in total. The molecule has 1 atom stereocenters. The van der Waals surface area contributed by atoms with Gasteiger partial charge in [0, 0.05) is 12.5 Å². The lowest BCUT2D eigenvalue weighted by atomic mass is 10.2. The van der Waals surface area contributed by atoms with Crippen molar-refractivity contribution in [2.45, 2.75) is 39.2 Å². The summed E-state index contributed by atoms with van der Waals surface area (Å²) in [5.74, 6) is 5.51. The predicted molar refractivity (Wildman–Crippen MR) is 70.0 cm³/mol. The maximum absolute atomic E-state index is 13.7. The Hall–Kier alpha value is -1.53. The van der Waals surface area contributed by atoms with Crippen LogP contribution in [0.2, 0.25) is 0 Å². The lowest BCUT2D eigenvalue weighted by Gasteiger charge is -2.13. The van der Waals surface area contributed by atoms with E-state index in [1.165, 1.54) is 6.07 Å². The summed E-state index contributed by atoms with van der Waals surface area (Å²) < 4.78 is 19.3. The molecule has 0 aliphatic rings. The lowest BCUT2D eigenvalue weighted by Crippen LogP contribution is -2.11. The molecule has 0 aromatic heterocycles. The summed E-state index contributed by atoms with van der Waals surface area (Å²) in [4.78, 5) is 0. The van der Waals surface area contributed by atoms with Gasteiger partial charge in [0.1, 0.15) is 11.6 Å². The molecular formula is C15H19FO2. The Morgan fingerprint density at radius 2 is 2.22 bits per heavy atom. The Morgan fingerprint density at radius 1 is 1.44 bits per heavy atom. The monoisotopic (exact) mass is 250 g/mol. The van der Waals surface area contributed by atoms with Crippen LogP contribution in [-0.4, -0.2) is 17.8 Å². The van der Waals surface area contributed by atoms with Gasteiger partial charge in [-0.15, -0.1) is 0 Å². The molecule has 0 radical (unpaired) electrons. The normalized spacial score (nSPS) is 11.6. The van der Waals surface area contributed by atoms with Crippen LogP contribution in [0.15, 0.2) is 18.2 Å². The van der Waals surface area contributed by atoms with Crippen molar-refractivity contribution in [2.24, 2.45) is 0 Å². The Bertz CT molecular complexity index is 432. The van der Waals surface area contributed by atoms with Gasteiger partial charge in [-0.3, -0.25) is 0 Å². The van der Waals surface area contributed by atoms with Gasteiger partial charge in [0.25, 0.3) is 0 Å². The van der Waals surface area contributed by atoms with Crippen molar-refractivity contribution in [3.05, 3.63) is 29.6 Å². The fourth-order valence-electron chi connectivity index (χ4n) is 1.58. The summed E-state index contributed by atoms with van der Waals surface area (Å²) in [6.45, 7) is 4.04. The third kappa shape index (κ3) is 4.77. The summed E-state index contributed by atoms with van der Waals surface area (Å²) in [5, 5.41) is 8.59. The molecular weight excluding hydrogens is 231 g/mol. The van der Waals surface area contributed by atoms with E-state index in [1.807, 2.05) is 6.92 Å². The van der Waals surface area contributed by atoms with Crippen LogP contribution in [0.5, 0.6) is 5.75 Å². The van der Waals surface area contributed by atoms with Crippen molar-refractivity contribution >= 4 is 0 Å². The van der Waals surface area contributed by atoms with E-state index in [-0.39, 0.29) is 18.5 Å². The van der Waals surface area contributed by atoms with Gasteiger partial charge in [-0.1, -0.05) is 25.2 Å². The van der Waals surface area contributed by atoms with Crippen LogP contribution in [-0.2, 0) is 0 Å². The largest absolute Gasteiger partial charge is 0.491 e. The van der Waals surface area contributed by atoms with Gasteiger partial charge in [0.15, 0.2) is 0 Å². The quantitative estimate of drug-likeness (QED) is 0.814. The maximum atomic E-state index is 13.7. The minimum Gasteiger partial charge on any atom is -0.491 e. The molecule has 0 heterocycles. The molecule has 18 heavy (non-hydrogen) atoms. The molecule has 2 nitrogen and oxygen atoms in total. The zero-order valence-electron chi connectivity index (χ0n) is 10.9. The molecule has 1 unspecified atom stereocenters. The molecule has 0 bridgehead atoms. The lowest BCUT2D eigenvalue weighted by molar-refractivity contribution is 0.209. The summed E-state index contributed by atoms with van der Waals surface area (Å²) in [6, 6.07) is 4.68. The minimum atomic E-state index is -0.387. The van der Waals surface area contributed by atoms with Crippen LogP contribution in [0.3, 0.4) is 0 Å². The Kier molecular flexibility index (Phi) is 6.24. The maximum Gasteiger partial charge on any atom is 0.142 e. The van der Waals surface area contributed by atoms with E-state index in [4.69, 9.17) is 9.84 Å². The first-order valence-electron chi connectivity index (χ1n) is 6.23. The van der Waals surface area contributed by atoms with Crippen molar-refractivity contribution in [1.29, 1.82) is 0 Å². The molecule has 1 aromatic carbocycles. The number of halogens is 1. The number of benzene rings is 1. The second-order valence-electron chi connectivity index (χ2n) is 4.13. The molecule has 0 aliphatic heterocycles. The van der Waals surface area contributed by atoms with E-state index in [1.54, 1.807) is 12.1 Å². The van der Waals surface area contributed by atoms with Gasteiger partial charge < -0.3 is 9.84 Å². The highest BCUT2D eigenvalue weighted by Crippen LogP contribution is 2.18. The Labute approximate surface area is 108 Å². The van der Waals surface area contributed by atoms with Gasteiger partial charge >= 0.3 is 0 Å². The van der Waals surface area contributed by atoms with Crippen LogP contribution in [0.4, 0.5) is 4.39 Å². The zero-order valence-corrected chi connectivity index (χ0v) is 10.9. The fraction of sp³-hybridized carbons (Fsp3) is 0.467. The van der Waals surface area contributed by atoms with Crippen molar-refractivity contribution in [3.63, 3.8) is 0 Å². The average molecular weight is 250 g/mol. The van der Waals surface area contributed by atoms with E-state index < -0.39 is 0 Å². The van der Waals surface area contributed by atoms with Crippen LogP contribution < -0.4 is 4.74 Å². The first kappa shape index (κ1) is 14.5. The van der Waals surface area contributed by atoms with Crippen LogP contribution >= 0.6 is 0 Å². The molecule has 0 amide bonds. The van der Waals surface area contributed by atoms with E-state index >= 15 is 0 Å². The Balaban J connectivity index is 2.71. The summed E-state index contributed by atoms with van der Waals surface area (Å²) >= 11 is 0. The molecule has 1 rings (SSSR count). The highest BCUT2D eigenvalue weighted by molar-refractivity contribution is 5.39. The highest BCUT2D eigenvalue weighted by atomic mass is 19.1. The van der Waals surface area contributed by atoms with E-state index in [9.17, 15) is 4.39 Å². The van der Waals surface area contributed by atoms with Crippen LogP contribution in [0.1, 0.15) is 38.7 Å². The summed E-state index contributed by atoms with van der Waals surface area (Å²) in [7, 11) is 0. The molecule has 0 fully saturated rings. The van der Waals surface area contributed by atoms with Gasteiger partial charge in [0.2, 0.25) is 0 Å². The third-order valence-corrected chi connectivity index (χ3v) is 2.43. The van der Waals surface area contributed by atoms with Gasteiger partial charge in [-0.05, 0) is 25.5 Å². The van der Waals surface area contributed by atoms with Gasteiger partial charge in [0.05, 0.1) is 18.3 Å².